The van der Waals surface area contributed by atoms with E-state index in [9.17, 15) is 9.59 Å². The van der Waals surface area contributed by atoms with Crippen LogP contribution in [0, 0.1) is 11.3 Å². The lowest BCUT2D eigenvalue weighted by molar-refractivity contribution is -0.141. The number of hydrogen-bond acceptors (Lipinski definition) is 3. The monoisotopic (exact) mass is 256 g/mol. The van der Waals surface area contributed by atoms with Crippen LogP contribution in [0.2, 0.25) is 0 Å². The maximum absolute atomic E-state index is 11.9. The molecule has 2 aliphatic rings. The SMILES string of the molecule is CC1(CNC(=O)N2CCC(C(=O)O)C2)CCOC1. The number of amides is 2. The van der Waals surface area contributed by atoms with E-state index in [2.05, 4.69) is 12.2 Å². The van der Waals surface area contributed by atoms with Gasteiger partial charge in [-0.25, -0.2) is 4.79 Å². The summed E-state index contributed by atoms with van der Waals surface area (Å²) in [6.07, 6.45) is 1.49. The van der Waals surface area contributed by atoms with Crippen LogP contribution in [0.4, 0.5) is 4.79 Å². The van der Waals surface area contributed by atoms with Gasteiger partial charge in [-0.2, -0.15) is 0 Å². The number of ether oxygens (including phenoxy) is 1. The topological polar surface area (TPSA) is 78.9 Å². The summed E-state index contributed by atoms with van der Waals surface area (Å²) in [6, 6.07) is -0.160. The lowest BCUT2D eigenvalue weighted by Gasteiger charge is -2.24. The first-order valence-corrected chi connectivity index (χ1v) is 6.33. The molecule has 2 saturated heterocycles. The molecule has 0 aromatic heterocycles. The molecule has 2 fully saturated rings. The number of carbonyl (C=O) groups excluding carboxylic acids is 1. The Morgan fingerprint density at radius 1 is 1.56 bits per heavy atom. The Morgan fingerprint density at radius 2 is 2.33 bits per heavy atom. The van der Waals surface area contributed by atoms with Crippen molar-refractivity contribution in [1.82, 2.24) is 10.2 Å². The van der Waals surface area contributed by atoms with Crippen molar-refractivity contribution < 1.29 is 19.4 Å². The Balaban J connectivity index is 1.77. The van der Waals surface area contributed by atoms with Gasteiger partial charge in [-0.05, 0) is 12.8 Å². The second-order valence-corrected chi connectivity index (χ2v) is 5.54. The number of rotatable bonds is 3. The highest BCUT2D eigenvalue weighted by Crippen LogP contribution is 2.26. The van der Waals surface area contributed by atoms with E-state index >= 15 is 0 Å². The Bertz CT molecular complexity index is 339. The van der Waals surface area contributed by atoms with Crippen LogP contribution >= 0.6 is 0 Å². The molecule has 2 unspecified atom stereocenters. The van der Waals surface area contributed by atoms with Crippen LogP contribution in [0.1, 0.15) is 19.8 Å². The third-order valence-electron chi connectivity index (χ3n) is 3.79. The maximum atomic E-state index is 11.9. The standard InChI is InChI=1S/C12H20N2O4/c1-12(3-5-18-8-12)7-13-11(17)14-4-2-9(6-14)10(15)16/h9H,2-8H2,1H3,(H,13,17)(H,15,16). The fraction of sp³-hybridized carbons (Fsp3) is 0.833. The van der Waals surface area contributed by atoms with Crippen molar-refractivity contribution in [3.05, 3.63) is 0 Å². The molecule has 102 valence electrons. The molecular weight excluding hydrogens is 236 g/mol. The third-order valence-corrected chi connectivity index (χ3v) is 3.79. The van der Waals surface area contributed by atoms with Gasteiger partial charge in [0.15, 0.2) is 0 Å². The molecule has 2 rings (SSSR count). The zero-order chi connectivity index (χ0) is 13.2. The molecule has 2 atom stereocenters. The summed E-state index contributed by atoms with van der Waals surface area (Å²) in [6.45, 7) is 4.93. The average molecular weight is 256 g/mol. The van der Waals surface area contributed by atoms with Gasteiger partial charge in [-0.15, -0.1) is 0 Å². The lowest BCUT2D eigenvalue weighted by Crippen LogP contribution is -2.43. The maximum Gasteiger partial charge on any atom is 0.317 e. The number of hydrogen-bond donors (Lipinski definition) is 2. The lowest BCUT2D eigenvalue weighted by atomic mass is 9.90. The molecule has 0 aliphatic carbocycles. The summed E-state index contributed by atoms with van der Waals surface area (Å²) in [4.78, 5) is 24.3. The second-order valence-electron chi connectivity index (χ2n) is 5.54. The first kappa shape index (κ1) is 13.1. The van der Waals surface area contributed by atoms with Crippen molar-refractivity contribution >= 4 is 12.0 Å². The number of nitrogens with one attached hydrogen (secondary N) is 1. The zero-order valence-electron chi connectivity index (χ0n) is 10.6. The molecule has 2 heterocycles. The van der Waals surface area contributed by atoms with Gasteiger partial charge in [-0.3, -0.25) is 4.79 Å². The number of aliphatic carboxylic acids is 1. The third kappa shape index (κ3) is 2.93. The van der Waals surface area contributed by atoms with Crippen LogP contribution in [0.15, 0.2) is 0 Å². The van der Waals surface area contributed by atoms with Crippen LogP contribution in [-0.4, -0.2) is 54.9 Å². The highest BCUT2D eigenvalue weighted by molar-refractivity contribution is 5.77. The minimum atomic E-state index is -0.818. The van der Waals surface area contributed by atoms with E-state index in [1.807, 2.05) is 0 Å². The van der Waals surface area contributed by atoms with Crippen LogP contribution in [0.25, 0.3) is 0 Å². The van der Waals surface area contributed by atoms with E-state index in [-0.39, 0.29) is 11.4 Å². The molecule has 0 bridgehead atoms. The fourth-order valence-corrected chi connectivity index (χ4v) is 2.40. The molecule has 6 nitrogen and oxygen atoms in total. The van der Waals surface area contributed by atoms with Crippen molar-refractivity contribution in [2.24, 2.45) is 11.3 Å². The van der Waals surface area contributed by atoms with Crippen molar-refractivity contribution in [3.8, 4) is 0 Å². The van der Waals surface area contributed by atoms with Gasteiger partial charge in [0.05, 0.1) is 12.5 Å². The fourth-order valence-electron chi connectivity index (χ4n) is 2.40. The second kappa shape index (κ2) is 5.14. The molecule has 6 heteroatoms. The largest absolute Gasteiger partial charge is 0.481 e. The number of carbonyl (C=O) groups is 2. The number of likely N-dealkylation sites (tertiary alicyclic amines) is 1. The van der Waals surface area contributed by atoms with Crippen molar-refractivity contribution in [2.75, 3.05) is 32.8 Å². The molecule has 0 radical (unpaired) electrons. The molecule has 2 N–H and O–H groups in total. The van der Waals surface area contributed by atoms with Crippen LogP contribution in [0.5, 0.6) is 0 Å². The number of carboxylic acid groups (broad SMARTS) is 1. The minimum absolute atomic E-state index is 0.0155. The number of carboxylic acids is 1. The Hall–Kier alpha value is -1.30. The van der Waals surface area contributed by atoms with Crippen molar-refractivity contribution in [3.63, 3.8) is 0 Å². The molecular formula is C12H20N2O4. The molecule has 18 heavy (non-hydrogen) atoms. The first-order valence-electron chi connectivity index (χ1n) is 6.33. The predicted molar refractivity (Wildman–Crippen MR) is 64.3 cm³/mol. The van der Waals surface area contributed by atoms with Gasteiger partial charge in [0.25, 0.3) is 0 Å². The summed E-state index contributed by atoms with van der Waals surface area (Å²) >= 11 is 0. The van der Waals surface area contributed by atoms with E-state index in [4.69, 9.17) is 9.84 Å². The highest BCUT2D eigenvalue weighted by atomic mass is 16.5. The molecule has 0 spiro atoms. The van der Waals surface area contributed by atoms with E-state index in [1.54, 1.807) is 4.90 Å². The van der Waals surface area contributed by atoms with Crippen molar-refractivity contribution in [2.45, 2.75) is 19.8 Å². The van der Waals surface area contributed by atoms with E-state index < -0.39 is 11.9 Å². The summed E-state index contributed by atoms with van der Waals surface area (Å²) in [7, 11) is 0. The van der Waals surface area contributed by atoms with Gasteiger partial charge in [0, 0.05) is 31.7 Å². The van der Waals surface area contributed by atoms with Gasteiger partial charge >= 0.3 is 12.0 Å². The molecule has 0 aromatic rings. The minimum Gasteiger partial charge on any atom is -0.481 e. The molecule has 2 aliphatic heterocycles. The van der Waals surface area contributed by atoms with Gasteiger partial charge in [0.1, 0.15) is 0 Å². The first-order chi connectivity index (χ1) is 8.50. The van der Waals surface area contributed by atoms with Crippen molar-refractivity contribution in [1.29, 1.82) is 0 Å². The zero-order valence-corrected chi connectivity index (χ0v) is 10.6. The summed E-state index contributed by atoms with van der Waals surface area (Å²) < 4.78 is 5.32. The number of urea groups is 1. The van der Waals surface area contributed by atoms with E-state index in [1.165, 1.54) is 0 Å². The summed E-state index contributed by atoms with van der Waals surface area (Å²) in [5.74, 6) is -1.23. The molecule has 0 saturated carbocycles. The number of nitrogens with zero attached hydrogens (tertiary/aromatic N) is 1. The quantitative estimate of drug-likeness (QED) is 0.772. The smallest absolute Gasteiger partial charge is 0.317 e. The predicted octanol–water partition coefficient (Wildman–Crippen LogP) is 0.529. The van der Waals surface area contributed by atoms with E-state index in [0.717, 1.165) is 13.0 Å². The summed E-state index contributed by atoms with van der Waals surface area (Å²) in [5.41, 5.74) is 0.0155. The Morgan fingerprint density at radius 3 is 2.89 bits per heavy atom. The highest BCUT2D eigenvalue weighted by Gasteiger charge is 2.33. The van der Waals surface area contributed by atoms with Gasteiger partial charge in [-0.1, -0.05) is 6.92 Å². The van der Waals surface area contributed by atoms with Gasteiger partial charge < -0.3 is 20.1 Å². The van der Waals surface area contributed by atoms with Crippen LogP contribution in [0.3, 0.4) is 0 Å². The summed E-state index contributed by atoms with van der Waals surface area (Å²) in [5, 5.41) is 11.8. The van der Waals surface area contributed by atoms with Crippen LogP contribution < -0.4 is 5.32 Å². The molecule has 0 aromatic carbocycles. The average Bonchev–Trinajstić information content (AvgIpc) is 2.95. The Labute approximate surface area is 106 Å². The van der Waals surface area contributed by atoms with Gasteiger partial charge in [0.2, 0.25) is 0 Å². The molecule has 2 amide bonds. The van der Waals surface area contributed by atoms with E-state index in [0.29, 0.717) is 32.7 Å². The normalized spacial score (nSPS) is 31.6. The van der Waals surface area contributed by atoms with Crippen LogP contribution in [-0.2, 0) is 9.53 Å². The Kier molecular flexibility index (Phi) is 3.75.